The van der Waals surface area contributed by atoms with Gasteiger partial charge in [-0.05, 0) is 37.6 Å². The number of carbonyl (C=O) groups is 1. The number of hydrogen-bond donors (Lipinski definition) is 1. The van der Waals surface area contributed by atoms with Crippen molar-refractivity contribution < 1.29 is 27.1 Å². The maximum absolute atomic E-state index is 13.5. The second kappa shape index (κ2) is 6.01. The van der Waals surface area contributed by atoms with E-state index in [9.17, 15) is 22.4 Å². The molecule has 0 heterocycles. The van der Waals surface area contributed by atoms with Crippen LogP contribution in [0.5, 0.6) is 0 Å². The molecule has 2 N–H and O–H groups in total. The molecule has 1 aromatic rings. The number of ether oxygens (including phenoxy) is 1. The van der Waals surface area contributed by atoms with Crippen LogP contribution in [0, 0.1) is 5.82 Å². The molecule has 0 radical (unpaired) electrons. The van der Waals surface area contributed by atoms with Crippen molar-refractivity contribution in [2.75, 3.05) is 7.11 Å². The summed E-state index contributed by atoms with van der Waals surface area (Å²) in [5.74, 6) is -2.46. The van der Waals surface area contributed by atoms with E-state index < -0.39 is 35.0 Å². The van der Waals surface area contributed by atoms with E-state index >= 15 is 0 Å². The first-order chi connectivity index (χ1) is 9.45. The predicted molar refractivity (Wildman–Crippen MR) is 69.0 cm³/mol. The highest BCUT2D eigenvalue weighted by molar-refractivity contribution is 5.70. The molecule has 0 aliphatic heterocycles. The molecule has 0 aliphatic rings. The molecular weight excluding hydrogens is 290 g/mol. The highest BCUT2D eigenvalue weighted by atomic mass is 19.4. The number of alkyl halides is 3. The Bertz CT molecular complexity index is 521. The van der Waals surface area contributed by atoms with Crippen LogP contribution < -0.4 is 5.73 Å². The molecule has 118 valence electrons. The number of rotatable bonds is 4. The molecule has 1 rings (SSSR count). The summed E-state index contributed by atoms with van der Waals surface area (Å²) in [5, 5.41) is 0. The second-order valence-corrected chi connectivity index (χ2v) is 5.43. The van der Waals surface area contributed by atoms with Gasteiger partial charge in [0, 0.05) is 11.5 Å². The number of methoxy groups -OCH3 is 1. The van der Waals surface area contributed by atoms with Crippen molar-refractivity contribution in [3.63, 3.8) is 0 Å². The summed E-state index contributed by atoms with van der Waals surface area (Å²) < 4.78 is 56.2. The van der Waals surface area contributed by atoms with Crippen molar-refractivity contribution in [3.8, 4) is 0 Å². The Morgan fingerprint density at radius 3 is 2.29 bits per heavy atom. The van der Waals surface area contributed by atoms with Crippen molar-refractivity contribution in [1.82, 2.24) is 0 Å². The van der Waals surface area contributed by atoms with Gasteiger partial charge < -0.3 is 10.5 Å². The number of esters is 1. The molecule has 0 aliphatic carbocycles. The molecule has 0 aromatic heterocycles. The third-order valence-corrected chi connectivity index (χ3v) is 3.15. The summed E-state index contributed by atoms with van der Waals surface area (Å²) in [6.07, 6.45) is -4.91. The van der Waals surface area contributed by atoms with Crippen molar-refractivity contribution >= 4 is 5.97 Å². The summed E-state index contributed by atoms with van der Waals surface area (Å²) >= 11 is 0. The van der Waals surface area contributed by atoms with Crippen LogP contribution >= 0.6 is 0 Å². The Labute approximate surface area is 120 Å². The average molecular weight is 307 g/mol. The summed E-state index contributed by atoms with van der Waals surface area (Å²) in [6, 6.07) is 2.17. The van der Waals surface area contributed by atoms with Crippen LogP contribution in [-0.4, -0.2) is 18.6 Å². The smallest absolute Gasteiger partial charge is 0.416 e. The van der Waals surface area contributed by atoms with E-state index in [0.29, 0.717) is 6.07 Å². The molecule has 21 heavy (non-hydrogen) atoms. The SMILES string of the molecule is COC(=O)CC(c1cc(F)cc(C(F)(F)F)c1)C(C)(C)N. The Morgan fingerprint density at radius 2 is 1.86 bits per heavy atom. The molecule has 3 nitrogen and oxygen atoms in total. The molecule has 0 saturated carbocycles. The molecule has 1 aromatic carbocycles. The minimum absolute atomic E-state index is 0.0141. The second-order valence-electron chi connectivity index (χ2n) is 5.43. The molecular formula is C14H17F4NO2. The summed E-state index contributed by atoms with van der Waals surface area (Å²) in [5.41, 5.74) is 3.79. The molecule has 0 fully saturated rings. The van der Waals surface area contributed by atoms with Gasteiger partial charge in [0.2, 0.25) is 0 Å². The minimum atomic E-state index is -4.68. The van der Waals surface area contributed by atoms with Gasteiger partial charge in [-0.2, -0.15) is 13.2 Å². The largest absolute Gasteiger partial charge is 0.469 e. The number of benzene rings is 1. The van der Waals surface area contributed by atoms with Gasteiger partial charge in [0.25, 0.3) is 0 Å². The fourth-order valence-electron chi connectivity index (χ4n) is 2.04. The number of halogens is 4. The molecule has 0 spiro atoms. The monoisotopic (exact) mass is 307 g/mol. The number of nitrogens with two attached hydrogens (primary N) is 1. The van der Waals surface area contributed by atoms with Crippen LogP contribution in [0.3, 0.4) is 0 Å². The quantitative estimate of drug-likeness (QED) is 0.686. The molecule has 0 bridgehead atoms. The third-order valence-electron chi connectivity index (χ3n) is 3.15. The van der Waals surface area contributed by atoms with Crippen LogP contribution in [-0.2, 0) is 15.7 Å². The normalized spacial score (nSPS) is 13.9. The van der Waals surface area contributed by atoms with E-state index in [2.05, 4.69) is 4.74 Å². The lowest BCUT2D eigenvalue weighted by atomic mass is 9.80. The Kier molecular flexibility index (Phi) is 4.99. The fraction of sp³-hybridized carbons (Fsp3) is 0.500. The van der Waals surface area contributed by atoms with E-state index in [1.54, 1.807) is 13.8 Å². The average Bonchev–Trinajstić information content (AvgIpc) is 2.32. The summed E-state index contributed by atoms with van der Waals surface area (Å²) in [6.45, 7) is 3.11. The third kappa shape index (κ3) is 4.70. The standard InChI is InChI=1S/C14H17F4NO2/c1-13(2,19)11(7-12(20)21-3)8-4-9(14(16,17)18)6-10(15)5-8/h4-6,11H,7,19H2,1-3H3. The summed E-state index contributed by atoms with van der Waals surface area (Å²) in [4.78, 5) is 11.4. The first-order valence-corrected chi connectivity index (χ1v) is 6.18. The number of hydrogen-bond acceptors (Lipinski definition) is 3. The molecule has 0 saturated heterocycles. The van der Waals surface area contributed by atoms with Gasteiger partial charge in [-0.25, -0.2) is 4.39 Å². The van der Waals surface area contributed by atoms with Crippen LogP contribution in [0.1, 0.15) is 37.3 Å². The lowest BCUT2D eigenvalue weighted by Crippen LogP contribution is -2.40. The van der Waals surface area contributed by atoms with Crippen molar-refractivity contribution in [2.24, 2.45) is 5.73 Å². The summed E-state index contributed by atoms with van der Waals surface area (Å²) in [7, 11) is 1.16. The molecule has 1 unspecified atom stereocenters. The van der Waals surface area contributed by atoms with Gasteiger partial charge in [-0.15, -0.1) is 0 Å². The van der Waals surface area contributed by atoms with Gasteiger partial charge in [-0.3, -0.25) is 4.79 Å². The van der Waals surface area contributed by atoms with Gasteiger partial charge >= 0.3 is 12.1 Å². The highest BCUT2D eigenvalue weighted by Gasteiger charge is 2.35. The predicted octanol–water partition coefficient (Wildman–Crippen LogP) is 3.23. The van der Waals surface area contributed by atoms with Crippen LogP contribution in [0.4, 0.5) is 17.6 Å². The van der Waals surface area contributed by atoms with E-state index in [0.717, 1.165) is 19.2 Å². The first-order valence-electron chi connectivity index (χ1n) is 6.18. The van der Waals surface area contributed by atoms with E-state index in [1.165, 1.54) is 0 Å². The zero-order valence-corrected chi connectivity index (χ0v) is 11.9. The van der Waals surface area contributed by atoms with Crippen LogP contribution in [0.25, 0.3) is 0 Å². The van der Waals surface area contributed by atoms with Gasteiger partial charge in [0.05, 0.1) is 19.1 Å². The van der Waals surface area contributed by atoms with E-state index in [4.69, 9.17) is 5.73 Å². The van der Waals surface area contributed by atoms with Crippen molar-refractivity contribution in [3.05, 3.63) is 35.1 Å². The van der Waals surface area contributed by atoms with Gasteiger partial charge in [0.15, 0.2) is 0 Å². The van der Waals surface area contributed by atoms with Gasteiger partial charge in [0.1, 0.15) is 5.82 Å². The highest BCUT2D eigenvalue weighted by Crippen LogP contribution is 2.36. The van der Waals surface area contributed by atoms with Crippen molar-refractivity contribution in [1.29, 1.82) is 0 Å². The Balaban J connectivity index is 3.31. The minimum Gasteiger partial charge on any atom is -0.469 e. The number of carbonyl (C=O) groups excluding carboxylic acids is 1. The maximum atomic E-state index is 13.5. The molecule has 1 atom stereocenters. The molecule has 0 amide bonds. The van der Waals surface area contributed by atoms with Crippen LogP contribution in [0.2, 0.25) is 0 Å². The van der Waals surface area contributed by atoms with Gasteiger partial charge in [-0.1, -0.05) is 0 Å². The zero-order valence-electron chi connectivity index (χ0n) is 11.9. The lowest BCUT2D eigenvalue weighted by Gasteiger charge is -2.30. The van der Waals surface area contributed by atoms with Crippen molar-refractivity contribution in [2.45, 2.75) is 37.9 Å². The topological polar surface area (TPSA) is 52.3 Å². The fourth-order valence-corrected chi connectivity index (χ4v) is 2.04. The maximum Gasteiger partial charge on any atom is 0.416 e. The lowest BCUT2D eigenvalue weighted by molar-refractivity contribution is -0.141. The van der Waals surface area contributed by atoms with Crippen LogP contribution in [0.15, 0.2) is 18.2 Å². The Hall–Kier alpha value is -1.63. The Morgan fingerprint density at radius 1 is 1.29 bits per heavy atom. The first kappa shape index (κ1) is 17.4. The zero-order chi connectivity index (χ0) is 16.4. The molecule has 7 heteroatoms. The van der Waals surface area contributed by atoms with E-state index in [1.807, 2.05) is 0 Å². The van der Waals surface area contributed by atoms with E-state index in [-0.39, 0.29) is 12.0 Å².